The molecule has 1 amide bonds. The molecule has 0 aliphatic carbocycles. The van der Waals surface area contributed by atoms with Gasteiger partial charge in [-0.25, -0.2) is 9.97 Å². The highest BCUT2D eigenvalue weighted by molar-refractivity contribution is 9.09. The van der Waals surface area contributed by atoms with Crippen molar-refractivity contribution in [2.75, 3.05) is 16.8 Å². The van der Waals surface area contributed by atoms with E-state index in [4.69, 9.17) is 0 Å². The van der Waals surface area contributed by atoms with Gasteiger partial charge in [0.25, 0.3) is 0 Å². The standard InChI is InChI=1S/C11H12BrN5O/c1-16-10-8(4-15-16)11(14-6-13-10)17-5-7(3-12)2-9(17)18/h4,6-7H,2-3,5H2,1H3. The van der Waals surface area contributed by atoms with Gasteiger partial charge < -0.3 is 0 Å². The minimum atomic E-state index is 0.114. The molecule has 0 saturated carbocycles. The SMILES string of the molecule is Cn1ncc2c(N3CC(CBr)CC3=O)ncnc21. The molecule has 94 valence electrons. The summed E-state index contributed by atoms with van der Waals surface area (Å²) in [7, 11) is 1.83. The summed E-state index contributed by atoms with van der Waals surface area (Å²) >= 11 is 3.43. The van der Waals surface area contributed by atoms with Gasteiger partial charge in [-0.15, -0.1) is 0 Å². The highest BCUT2D eigenvalue weighted by Gasteiger charge is 2.32. The van der Waals surface area contributed by atoms with Crippen LogP contribution >= 0.6 is 15.9 Å². The molecule has 0 spiro atoms. The van der Waals surface area contributed by atoms with Crippen molar-refractivity contribution in [3.05, 3.63) is 12.5 Å². The van der Waals surface area contributed by atoms with Crippen LogP contribution in [0.15, 0.2) is 12.5 Å². The van der Waals surface area contributed by atoms with E-state index in [1.54, 1.807) is 15.8 Å². The molecule has 18 heavy (non-hydrogen) atoms. The van der Waals surface area contributed by atoms with Gasteiger partial charge in [0.1, 0.15) is 12.1 Å². The average Bonchev–Trinajstić information content (AvgIpc) is 2.93. The molecule has 0 N–H and O–H groups in total. The van der Waals surface area contributed by atoms with E-state index in [1.807, 2.05) is 7.05 Å². The molecule has 3 rings (SSSR count). The molecule has 0 bridgehead atoms. The number of halogens is 1. The minimum absolute atomic E-state index is 0.114. The Morgan fingerprint density at radius 1 is 1.50 bits per heavy atom. The van der Waals surface area contributed by atoms with E-state index in [9.17, 15) is 4.79 Å². The second-order valence-electron chi connectivity index (χ2n) is 4.43. The second-order valence-corrected chi connectivity index (χ2v) is 5.08. The maximum Gasteiger partial charge on any atom is 0.228 e. The van der Waals surface area contributed by atoms with Gasteiger partial charge in [-0.3, -0.25) is 14.4 Å². The van der Waals surface area contributed by atoms with Crippen LogP contribution in [-0.2, 0) is 11.8 Å². The topological polar surface area (TPSA) is 63.9 Å². The Hall–Kier alpha value is -1.50. The lowest BCUT2D eigenvalue weighted by Crippen LogP contribution is -2.26. The van der Waals surface area contributed by atoms with Crippen molar-refractivity contribution in [3.8, 4) is 0 Å². The summed E-state index contributed by atoms with van der Waals surface area (Å²) in [6, 6.07) is 0. The third-order valence-corrected chi connectivity index (χ3v) is 4.10. The first-order valence-electron chi connectivity index (χ1n) is 5.69. The summed E-state index contributed by atoms with van der Waals surface area (Å²) in [6.07, 6.45) is 3.75. The zero-order chi connectivity index (χ0) is 12.7. The Balaban J connectivity index is 2.07. The van der Waals surface area contributed by atoms with Crippen LogP contribution in [0.5, 0.6) is 0 Å². The number of aryl methyl sites for hydroxylation is 1. The van der Waals surface area contributed by atoms with Gasteiger partial charge in [0.15, 0.2) is 5.65 Å². The quantitative estimate of drug-likeness (QED) is 0.780. The molecule has 3 heterocycles. The molecular weight excluding hydrogens is 298 g/mol. The fraction of sp³-hybridized carbons (Fsp3) is 0.455. The third-order valence-electron chi connectivity index (χ3n) is 3.19. The second kappa shape index (κ2) is 4.31. The molecule has 0 radical (unpaired) electrons. The van der Waals surface area contributed by atoms with E-state index in [-0.39, 0.29) is 5.91 Å². The number of aromatic nitrogens is 4. The van der Waals surface area contributed by atoms with E-state index < -0.39 is 0 Å². The van der Waals surface area contributed by atoms with Crippen LogP contribution in [0.4, 0.5) is 5.82 Å². The van der Waals surface area contributed by atoms with E-state index in [0.29, 0.717) is 24.7 Å². The molecule has 7 heteroatoms. The predicted octanol–water partition coefficient (Wildman–Crippen LogP) is 1.11. The molecule has 1 atom stereocenters. The van der Waals surface area contributed by atoms with Crippen LogP contribution in [0, 0.1) is 5.92 Å². The van der Waals surface area contributed by atoms with E-state index in [0.717, 1.165) is 16.4 Å². The van der Waals surface area contributed by atoms with E-state index in [2.05, 4.69) is 31.0 Å². The molecule has 6 nitrogen and oxygen atoms in total. The Kier molecular flexibility index (Phi) is 2.77. The van der Waals surface area contributed by atoms with Crippen molar-refractivity contribution in [1.29, 1.82) is 0 Å². The van der Waals surface area contributed by atoms with Crippen molar-refractivity contribution < 1.29 is 4.79 Å². The smallest absolute Gasteiger partial charge is 0.228 e. The maximum absolute atomic E-state index is 12.0. The first-order valence-corrected chi connectivity index (χ1v) is 6.82. The molecule has 1 aliphatic rings. The zero-order valence-corrected chi connectivity index (χ0v) is 11.5. The molecular formula is C11H12BrN5O. The van der Waals surface area contributed by atoms with Crippen LogP contribution < -0.4 is 4.90 Å². The summed E-state index contributed by atoms with van der Waals surface area (Å²) < 4.78 is 1.68. The monoisotopic (exact) mass is 309 g/mol. The zero-order valence-electron chi connectivity index (χ0n) is 9.88. The number of hydrogen-bond acceptors (Lipinski definition) is 4. The van der Waals surface area contributed by atoms with E-state index >= 15 is 0 Å². The average molecular weight is 310 g/mol. The molecule has 2 aromatic rings. The summed E-state index contributed by atoms with van der Waals surface area (Å²) in [5, 5.41) is 5.81. The lowest BCUT2D eigenvalue weighted by atomic mass is 10.2. The number of fused-ring (bicyclic) bond motifs is 1. The van der Waals surface area contributed by atoms with Crippen molar-refractivity contribution >= 4 is 38.7 Å². The fourth-order valence-electron chi connectivity index (χ4n) is 2.25. The van der Waals surface area contributed by atoms with Gasteiger partial charge in [0.2, 0.25) is 5.91 Å². The fourth-order valence-corrected chi connectivity index (χ4v) is 2.69. The third kappa shape index (κ3) is 1.69. The minimum Gasteiger partial charge on any atom is -0.296 e. The van der Waals surface area contributed by atoms with E-state index in [1.165, 1.54) is 6.33 Å². The first kappa shape index (κ1) is 11.6. The number of carbonyl (C=O) groups excluding carboxylic acids is 1. The predicted molar refractivity (Wildman–Crippen MR) is 70.6 cm³/mol. The summed E-state index contributed by atoms with van der Waals surface area (Å²) in [6.45, 7) is 0.699. The number of anilines is 1. The first-order chi connectivity index (χ1) is 8.70. The highest BCUT2D eigenvalue weighted by Crippen LogP contribution is 2.29. The van der Waals surface area contributed by atoms with Gasteiger partial charge in [0, 0.05) is 25.3 Å². The Labute approximate surface area is 112 Å². The van der Waals surface area contributed by atoms with Crippen molar-refractivity contribution in [1.82, 2.24) is 19.7 Å². The molecule has 2 aromatic heterocycles. The van der Waals surface area contributed by atoms with Gasteiger partial charge in [-0.1, -0.05) is 15.9 Å². The van der Waals surface area contributed by atoms with Crippen molar-refractivity contribution in [3.63, 3.8) is 0 Å². The summed E-state index contributed by atoms with van der Waals surface area (Å²) in [5.41, 5.74) is 0.745. The van der Waals surface area contributed by atoms with Gasteiger partial charge >= 0.3 is 0 Å². The lowest BCUT2D eigenvalue weighted by molar-refractivity contribution is -0.117. The number of amides is 1. The summed E-state index contributed by atoms with van der Waals surface area (Å²) in [5.74, 6) is 1.13. The normalized spacial score (nSPS) is 20.0. The molecule has 0 aromatic carbocycles. The van der Waals surface area contributed by atoms with Gasteiger partial charge in [0.05, 0.1) is 11.6 Å². The highest BCUT2D eigenvalue weighted by atomic mass is 79.9. The Morgan fingerprint density at radius 2 is 2.33 bits per heavy atom. The van der Waals surface area contributed by atoms with Crippen LogP contribution in [-0.4, -0.2) is 37.5 Å². The molecule has 1 aliphatic heterocycles. The lowest BCUT2D eigenvalue weighted by Gasteiger charge is -2.15. The van der Waals surface area contributed by atoms with Crippen molar-refractivity contribution in [2.24, 2.45) is 13.0 Å². The number of rotatable bonds is 2. The number of hydrogen-bond donors (Lipinski definition) is 0. The Bertz CT molecular complexity index is 610. The van der Waals surface area contributed by atoms with Gasteiger partial charge in [-0.05, 0) is 5.92 Å². The number of carbonyl (C=O) groups is 1. The maximum atomic E-state index is 12.0. The van der Waals surface area contributed by atoms with Crippen LogP contribution in [0.1, 0.15) is 6.42 Å². The molecule has 1 fully saturated rings. The number of alkyl halides is 1. The number of nitrogens with zero attached hydrogens (tertiary/aromatic N) is 5. The largest absolute Gasteiger partial charge is 0.296 e. The summed E-state index contributed by atoms with van der Waals surface area (Å²) in [4.78, 5) is 22.2. The van der Waals surface area contributed by atoms with Crippen molar-refractivity contribution in [2.45, 2.75) is 6.42 Å². The van der Waals surface area contributed by atoms with Gasteiger partial charge in [-0.2, -0.15) is 5.10 Å². The Morgan fingerprint density at radius 3 is 3.06 bits per heavy atom. The van der Waals surface area contributed by atoms with Crippen LogP contribution in [0.3, 0.4) is 0 Å². The van der Waals surface area contributed by atoms with Crippen LogP contribution in [0.2, 0.25) is 0 Å². The van der Waals surface area contributed by atoms with Crippen LogP contribution in [0.25, 0.3) is 11.0 Å². The molecule has 1 unspecified atom stereocenters. The molecule has 1 saturated heterocycles.